The molecule has 0 aliphatic heterocycles. The highest BCUT2D eigenvalue weighted by Crippen LogP contribution is 2.42. The summed E-state index contributed by atoms with van der Waals surface area (Å²) in [5, 5.41) is 0. The predicted octanol–water partition coefficient (Wildman–Crippen LogP) is 5.09. The van der Waals surface area contributed by atoms with Gasteiger partial charge in [-0.25, -0.2) is 0 Å². The van der Waals surface area contributed by atoms with Crippen molar-refractivity contribution in [1.82, 2.24) is 0 Å². The summed E-state index contributed by atoms with van der Waals surface area (Å²) in [6, 6.07) is 0. The minimum atomic E-state index is 0.453. The Bertz CT molecular complexity index is 146. The van der Waals surface area contributed by atoms with Crippen LogP contribution in [0.1, 0.15) is 67.7 Å². The highest BCUT2D eigenvalue weighted by molar-refractivity contribution is 5.02. The predicted molar refractivity (Wildman–Crippen MR) is 66.2 cm³/mol. The molecule has 0 aromatic heterocycles. The summed E-state index contributed by atoms with van der Waals surface area (Å²) >= 11 is 0. The standard InChI is InChI=1S/C14H29/c1-8-14(7,12(4)5)13(6)10-9-11(2)3/h11-12H,8-10H2,1-7H3/q+1. The van der Waals surface area contributed by atoms with Gasteiger partial charge in [-0.05, 0) is 31.6 Å². The molecule has 1 atom stereocenters. The van der Waals surface area contributed by atoms with E-state index in [1.165, 1.54) is 19.3 Å². The molecule has 1 unspecified atom stereocenters. The van der Waals surface area contributed by atoms with Gasteiger partial charge in [0.15, 0.2) is 0 Å². The lowest BCUT2D eigenvalue weighted by Gasteiger charge is -2.30. The maximum atomic E-state index is 2.42. The number of rotatable bonds is 6. The van der Waals surface area contributed by atoms with E-state index in [0.717, 1.165) is 11.8 Å². The van der Waals surface area contributed by atoms with E-state index >= 15 is 0 Å². The zero-order chi connectivity index (χ0) is 11.4. The van der Waals surface area contributed by atoms with Gasteiger partial charge in [-0.3, -0.25) is 0 Å². The molecule has 0 spiro atoms. The zero-order valence-electron chi connectivity index (χ0n) is 11.3. The van der Waals surface area contributed by atoms with E-state index in [9.17, 15) is 0 Å². The molecule has 0 heterocycles. The highest BCUT2D eigenvalue weighted by Gasteiger charge is 2.41. The third kappa shape index (κ3) is 3.55. The maximum Gasteiger partial charge on any atom is 0.109 e. The molecule has 84 valence electrons. The van der Waals surface area contributed by atoms with Crippen molar-refractivity contribution < 1.29 is 0 Å². The van der Waals surface area contributed by atoms with E-state index in [-0.39, 0.29) is 0 Å². The van der Waals surface area contributed by atoms with E-state index in [2.05, 4.69) is 48.5 Å². The van der Waals surface area contributed by atoms with Gasteiger partial charge in [0, 0.05) is 0 Å². The zero-order valence-corrected chi connectivity index (χ0v) is 11.3. The molecule has 0 radical (unpaired) electrons. The Hall–Kier alpha value is -0.130. The molecule has 0 saturated carbocycles. The molecule has 0 N–H and O–H groups in total. The third-order valence-corrected chi connectivity index (χ3v) is 4.08. The summed E-state index contributed by atoms with van der Waals surface area (Å²) in [6.45, 7) is 16.4. The van der Waals surface area contributed by atoms with E-state index in [0.29, 0.717) is 5.41 Å². The monoisotopic (exact) mass is 197 g/mol. The summed E-state index contributed by atoms with van der Waals surface area (Å²) in [7, 11) is 0. The lowest BCUT2D eigenvalue weighted by Crippen LogP contribution is -2.29. The van der Waals surface area contributed by atoms with Crippen LogP contribution in [0.2, 0.25) is 0 Å². The Kier molecular flexibility index (Phi) is 5.63. The molecule has 0 aliphatic rings. The maximum absolute atomic E-state index is 2.42. The normalized spacial score (nSPS) is 16.1. The van der Waals surface area contributed by atoms with Gasteiger partial charge in [0.2, 0.25) is 0 Å². The van der Waals surface area contributed by atoms with Crippen molar-refractivity contribution in [1.29, 1.82) is 0 Å². The van der Waals surface area contributed by atoms with Crippen LogP contribution in [0.15, 0.2) is 0 Å². The van der Waals surface area contributed by atoms with Crippen LogP contribution in [0.25, 0.3) is 0 Å². The lowest BCUT2D eigenvalue weighted by molar-refractivity contribution is 0.213. The second kappa shape index (κ2) is 5.68. The van der Waals surface area contributed by atoms with Crippen LogP contribution in [0, 0.1) is 23.2 Å². The average molecular weight is 197 g/mol. The fourth-order valence-electron chi connectivity index (χ4n) is 1.99. The highest BCUT2D eigenvalue weighted by atomic mass is 14.4. The van der Waals surface area contributed by atoms with E-state index in [1.807, 2.05) is 0 Å². The first-order valence-electron chi connectivity index (χ1n) is 6.17. The third-order valence-electron chi connectivity index (χ3n) is 4.08. The quantitative estimate of drug-likeness (QED) is 0.520. The Labute approximate surface area is 91.5 Å². The van der Waals surface area contributed by atoms with Crippen molar-refractivity contribution >= 4 is 0 Å². The summed E-state index contributed by atoms with van der Waals surface area (Å²) < 4.78 is 0. The topological polar surface area (TPSA) is 0 Å². The van der Waals surface area contributed by atoms with Crippen LogP contribution >= 0.6 is 0 Å². The van der Waals surface area contributed by atoms with Crippen molar-refractivity contribution in [2.24, 2.45) is 17.3 Å². The first-order valence-corrected chi connectivity index (χ1v) is 6.17. The number of hydrogen-bond acceptors (Lipinski definition) is 0. The van der Waals surface area contributed by atoms with Gasteiger partial charge in [0.25, 0.3) is 0 Å². The van der Waals surface area contributed by atoms with Gasteiger partial charge in [0.1, 0.15) is 5.41 Å². The molecule has 0 aromatic carbocycles. The first-order chi connectivity index (χ1) is 6.34. The van der Waals surface area contributed by atoms with Gasteiger partial charge in [-0.2, -0.15) is 0 Å². The molecule has 0 nitrogen and oxygen atoms in total. The van der Waals surface area contributed by atoms with Crippen molar-refractivity contribution in [3.8, 4) is 0 Å². The molecule has 0 saturated heterocycles. The van der Waals surface area contributed by atoms with Crippen LogP contribution in [-0.2, 0) is 0 Å². The van der Waals surface area contributed by atoms with E-state index < -0.39 is 0 Å². The second-order valence-electron chi connectivity index (χ2n) is 5.64. The van der Waals surface area contributed by atoms with Crippen molar-refractivity contribution in [2.45, 2.75) is 67.7 Å². The molecule has 0 fully saturated rings. The SMILES string of the molecule is CCC(C)([C+](C)CCC(C)C)C(C)C. The molecule has 0 bridgehead atoms. The van der Waals surface area contributed by atoms with Crippen LogP contribution in [-0.4, -0.2) is 0 Å². The molecule has 0 heteroatoms. The van der Waals surface area contributed by atoms with Gasteiger partial charge in [-0.15, -0.1) is 0 Å². The largest absolute Gasteiger partial charge is 0.109 e. The van der Waals surface area contributed by atoms with Gasteiger partial charge < -0.3 is 0 Å². The second-order valence-corrected chi connectivity index (χ2v) is 5.64. The van der Waals surface area contributed by atoms with Crippen molar-refractivity contribution in [2.75, 3.05) is 0 Å². The van der Waals surface area contributed by atoms with Gasteiger partial charge in [0.05, 0.1) is 19.3 Å². The van der Waals surface area contributed by atoms with Gasteiger partial charge >= 0.3 is 0 Å². The number of hydrogen-bond donors (Lipinski definition) is 0. The summed E-state index contributed by atoms with van der Waals surface area (Å²) in [4.78, 5) is 0. The van der Waals surface area contributed by atoms with Crippen molar-refractivity contribution in [3.05, 3.63) is 5.92 Å². The summed E-state index contributed by atoms with van der Waals surface area (Å²) in [6.07, 6.45) is 3.92. The average Bonchev–Trinajstić information content (AvgIpc) is 2.12. The van der Waals surface area contributed by atoms with Crippen LogP contribution in [0.5, 0.6) is 0 Å². The van der Waals surface area contributed by atoms with Crippen LogP contribution in [0.4, 0.5) is 0 Å². The molecule has 0 aromatic rings. The van der Waals surface area contributed by atoms with E-state index in [4.69, 9.17) is 0 Å². The fourth-order valence-corrected chi connectivity index (χ4v) is 1.99. The molecule has 0 amide bonds. The molecule has 0 aliphatic carbocycles. The summed E-state index contributed by atoms with van der Waals surface area (Å²) in [5.74, 6) is 3.29. The molecular formula is C14H29+. The Morgan fingerprint density at radius 1 is 1.14 bits per heavy atom. The molecular weight excluding hydrogens is 168 g/mol. The summed E-state index contributed by atoms with van der Waals surface area (Å²) in [5.41, 5.74) is 0.453. The van der Waals surface area contributed by atoms with Crippen molar-refractivity contribution in [3.63, 3.8) is 0 Å². The first kappa shape index (κ1) is 13.9. The van der Waals surface area contributed by atoms with Crippen LogP contribution < -0.4 is 0 Å². The van der Waals surface area contributed by atoms with Gasteiger partial charge in [-0.1, -0.05) is 34.6 Å². The Balaban J connectivity index is 4.24. The minimum absolute atomic E-state index is 0.453. The molecule has 0 rings (SSSR count). The Morgan fingerprint density at radius 3 is 1.93 bits per heavy atom. The van der Waals surface area contributed by atoms with Crippen LogP contribution in [0.3, 0.4) is 0 Å². The fraction of sp³-hybridized carbons (Fsp3) is 0.929. The minimum Gasteiger partial charge on any atom is -0.0626 e. The lowest BCUT2D eigenvalue weighted by atomic mass is 9.66. The molecule has 14 heavy (non-hydrogen) atoms. The smallest absolute Gasteiger partial charge is 0.0626 e. The van der Waals surface area contributed by atoms with E-state index in [1.54, 1.807) is 5.92 Å². The Morgan fingerprint density at radius 2 is 1.64 bits per heavy atom.